The predicted octanol–water partition coefficient (Wildman–Crippen LogP) is 1.12. The van der Waals surface area contributed by atoms with Crippen LogP contribution in [0.25, 0.3) is 0 Å². The lowest BCUT2D eigenvalue weighted by Gasteiger charge is -2.19. The van der Waals surface area contributed by atoms with Crippen LogP contribution in [0.15, 0.2) is 0 Å². The van der Waals surface area contributed by atoms with E-state index in [1.165, 1.54) is 0 Å². The molecule has 0 spiro atoms. The van der Waals surface area contributed by atoms with Gasteiger partial charge in [0.15, 0.2) is 0 Å². The first-order chi connectivity index (χ1) is 7.13. The molecule has 1 aliphatic carbocycles. The standard InChI is InChI=1S/C10H17NO4/c12-7-11(15)6-9(10(13)14)5-8-3-1-2-4-8/h7-9,15H,1-6H2,(H,13,14). The SMILES string of the molecule is O=CN(O)CC(CC1CCCC1)C(=O)O. The van der Waals surface area contributed by atoms with Crippen LogP contribution in [0.3, 0.4) is 0 Å². The first-order valence-electron chi connectivity index (χ1n) is 5.27. The molecule has 1 aliphatic rings. The summed E-state index contributed by atoms with van der Waals surface area (Å²) in [6, 6.07) is 0. The Morgan fingerprint density at radius 2 is 2.07 bits per heavy atom. The molecule has 1 rings (SSSR count). The summed E-state index contributed by atoms with van der Waals surface area (Å²) in [5, 5.41) is 18.3. The lowest BCUT2D eigenvalue weighted by Crippen LogP contribution is -2.31. The molecular formula is C10H17NO4. The van der Waals surface area contributed by atoms with Gasteiger partial charge < -0.3 is 5.11 Å². The number of hydrogen-bond acceptors (Lipinski definition) is 3. The molecule has 0 saturated heterocycles. The van der Waals surface area contributed by atoms with Gasteiger partial charge in [-0.25, -0.2) is 5.06 Å². The van der Waals surface area contributed by atoms with E-state index in [1.54, 1.807) is 0 Å². The van der Waals surface area contributed by atoms with E-state index in [-0.39, 0.29) is 13.0 Å². The number of carboxylic acid groups (broad SMARTS) is 1. The zero-order valence-corrected chi connectivity index (χ0v) is 8.63. The van der Waals surface area contributed by atoms with Crippen LogP contribution in [0, 0.1) is 11.8 Å². The molecule has 0 aromatic carbocycles. The molecule has 5 heteroatoms. The van der Waals surface area contributed by atoms with Crippen molar-refractivity contribution in [3.05, 3.63) is 0 Å². The fourth-order valence-corrected chi connectivity index (χ4v) is 2.17. The van der Waals surface area contributed by atoms with E-state index in [4.69, 9.17) is 10.3 Å². The topological polar surface area (TPSA) is 77.8 Å². The predicted molar refractivity (Wildman–Crippen MR) is 52.3 cm³/mol. The maximum Gasteiger partial charge on any atom is 0.308 e. The first-order valence-corrected chi connectivity index (χ1v) is 5.27. The Hall–Kier alpha value is -1.10. The summed E-state index contributed by atoms with van der Waals surface area (Å²) in [6.07, 6.45) is 5.25. The normalized spacial score (nSPS) is 18.7. The number of nitrogens with zero attached hydrogens (tertiary/aromatic N) is 1. The number of rotatable bonds is 6. The minimum atomic E-state index is -0.942. The molecule has 0 heterocycles. The molecule has 0 aromatic heterocycles. The molecule has 1 fully saturated rings. The van der Waals surface area contributed by atoms with Gasteiger partial charge in [0.05, 0.1) is 12.5 Å². The van der Waals surface area contributed by atoms with Crippen molar-refractivity contribution in [2.45, 2.75) is 32.1 Å². The molecule has 0 aliphatic heterocycles. The molecule has 1 amide bonds. The monoisotopic (exact) mass is 215 g/mol. The quantitative estimate of drug-likeness (QED) is 0.395. The van der Waals surface area contributed by atoms with E-state index >= 15 is 0 Å². The number of hydroxylamine groups is 2. The van der Waals surface area contributed by atoms with Crippen LogP contribution in [-0.2, 0) is 9.59 Å². The van der Waals surface area contributed by atoms with Crippen molar-refractivity contribution < 1.29 is 19.9 Å². The number of hydrogen-bond donors (Lipinski definition) is 2. The average Bonchev–Trinajstić information content (AvgIpc) is 2.69. The number of aliphatic carboxylic acids is 1. The Morgan fingerprint density at radius 3 is 2.53 bits per heavy atom. The van der Waals surface area contributed by atoms with Gasteiger partial charge in [-0.15, -0.1) is 0 Å². The second-order valence-corrected chi connectivity index (χ2v) is 4.15. The Morgan fingerprint density at radius 1 is 1.47 bits per heavy atom. The highest BCUT2D eigenvalue weighted by molar-refractivity contribution is 5.70. The van der Waals surface area contributed by atoms with Gasteiger partial charge in [0.1, 0.15) is 0 Å². The second kappa shape index (κ2) is 5.70. The lowest BCUT2D eigenvalue weighted by molar-refractivity contribution is -0.159. The van der Waals surface area contributed by atoms with Crippen LogP contribution in [-0.4, -0.2) is 34.3 Å². The van der Waals surface area contributed by atoms with Gasteiger partial charge >= 0.3 is 5.97 Å². The highest BCUT2D eigenvalue weighted by atomic mass is 16.5. The van der Waals surface area contributed by atoms with Gasteiger partial charge in [-0.05, 0) is 12.3 Å². The molecule has 86 valence electrons. The van der Waals surface area contributed by atoms with Crippen molar-refractivity contribution in [2.24, 2.45) is 11.8 Å². The number of carbonyl (C=O) groups excluding carboxylic acids is 1. The molecule has 1 unspecified atom stereocenters. The summed E-state index contributed by atoms with van der Waals surface area (Å²) in [7, 11) is 0. The van der Waals surface area contributed by atoms with Crippen molar-refractivity contribution >= 4 is 12.4 Å². The Kier molecular flexibility index (Phi) is 4.55. The van der Waals surface area contributed by atoms with E-state index in [2.05, 4.69) is 0 Å². The summed E-state index contributed by atoms with van der Waals surface area (Å²) in [5.74, 6) is -1.16. The highest BCUT2D eigenvalue weighted by Crippen LogP contribution is 2.30. The van der Waals surface area contributed by atoms with Gasteiger partial charge in [0.25, 0.3) is 0 Å². The van der Waals surface area contributed by atoms with Crippen LogP contribution in [0.4, 0.5) is 0 Å². The molecule has 1 atom stereocenters. The third kappa shape index (κ3) is 3.87. The van der Waals surface area contributed by atoms with Gasteiger partial charge in [0.2, 0.25) is 6.41 Å². The van der Waals surface area contributed by atoms with Crippen LogP contribution in [0.2, 0.25) is 0 Å². The maximum atomic E-state index is 10.9. The first kappa shape index (κ1) is 12.0. The Labute approximate surface area is 88.6 Å². The Balaban J connectivity index is 2.42. The number of amides is 1. The zero-order valence-electron chi connectivity index (χ0n) is 8.63. The largest absolute Gasteiger partial charge is 0.481 e. The fraction of sp³-hybridized carbons (Fsp3) is 0.800. The summed E-state index contributed by atoms with van der Waals surface area (Å²) in [5.41, 5.74) is 0. The number of carboxylic acids is 1. The van der Waals surface area contributed by atoms with Gasteiger partial charge in [-0.1, -0.05) is 25.7 Å². The van der Waals surface area contributed by atoms with E-state index in [0.29, 0.717) is 17.4 Å². The average molecular weight is 215 g/mol. The Bertz CT molecular complexity index is 225. The highest BCUT2D eigenvalue weighted by Gasteiger charge is 2.26. The molecular weight excluding hydrogens is 198 g/mol. The van der Waals surface area contributed by atoms with Crippen molar-refractivity contribution in [1.82, 2.24) is 5.06 Å². The third-order valence-electron chi connectivity index (χ3n) is 2.97. The van der Waals surface area contributed by atoms with Crippen molar-refractivity contribution in [2.75, 3.05) is 6.54 Å². The van der Waals surface area contributed by atoms with Crippen LogP contribution < -0.4 is 0 Å². The summed E-state index contributed by atoms with van der Waals surface area (Å²) in [4.78, 5) is 21.1. The second-order valence-electron chi connectivity index (χ2n) is 4.15. The van der Waals surface area contributed by atoms with E-state index < -0.39 is 11.9 Å². The van der Waals surface area contributed by atoms with E-state index in [1.807, 2.05) is 0 Å². The zero-order chi connectivity index (χ0) is 11.3. The van der Waals surface area contributed by atoms with Crippen LogP contribution in [0.1, 0.15) is 32.1 Å². The van der Waals surface area contributed by atoms with E-state index in [0.717, 1.165) is 25.7 Å². The molecule has 1 saturated carbocycles. The minimum absolute atomic E-state index is 0.116. The molecule has 15 heavy (non-hydrogen) atoms. The minimum Gasteiger partial charge on any atom is -0.481 e. The smallest absolute Gasteiger partial charge is 0.308 e. The summed E-state index contributed by atoms with van der Waals surface area (Å²) < 4.78 is 0. The van der Waals surface area contributed by atoms with E-state index in [9.17, 15) is 9.59 Å². The van der Waals surface area contributed by atoms with Gasteiger partial charge in [0, 0.05) is 0 Å². The molecule has 0 aromatic rings. The molecule has 2 N–H and O–H groups in total. The number of carbonyl (C=O) groups is 2. The molecule has 0 bridgehead atoms. The van der Waals surface area contributed by atoms with Crippen molar-refractivity contribution in [1.29, 1.82) is 0 Å². The molecule has 5 nitrogen and oxygen atoms in total. The van der Waals surface area contributed by atoms with Gasteiger partial charge in [-0.3, -0.25) is 14.8 Å². The van der Waals surface area contributed by atoms with Crippen molar-refractivity contribution in [3.8, 4) is 0 Å². The van der Waals surface area contributed by atoms with Crippen LogP contribution >= 0.6 is 0 Å². The van der Waals surface area contributed by atoms with Crippen LogP contribution in [0.5, 0.6) is 0 Å². The summed E-state index contributed by atoms with van der Waals surface area (Å²) in [6.45, 7) is -0.116. The molecule has 0 radical (unpaired) electrons. The lowest BCUT2D eigenvalue weighted by atomic mass is 9.93. The van der Waals surface area contributed by atoms with Gasteiger partial charge in [-0.2, -0.15) is 0 Å². The maximum absolute atomic E-state index is 10.9. The third-order valence-corrected chi connectivity index (χ3v) is 2.97. The fourth-order valence-electron chi connectivity index (χ4n) is 2.17. The van der Waals surface area contributed by atoms with Crippen molar-refractivity contribution in [3.63, 3.8) is 0 Å². The summed E-state index contributed by atoms with van der Waals surface area (Å²) >= 11 is 0.